The lowest BCUT2D eigenvalue weighted by atomic mass is 9.83. The molecule has 0 aliphatic heterocycles. The Kier molecular flexibility index (Phi) is 2.91. The van der Waals surface area contributed by atoms with Gasteiger partial charge in [-0.1, -0.05) is 19.9 Å². The molecule has 1 N–H and O–H groups in total. The molecule has 0 amide bonds. The number of fused-ring (bicyclic) bond motifs is 1. The summed E-state index contributed by atoms with van der Waals surface area (Å²) < 4.78 is 6.49. The van der Waals surface area contributed by atoms with E-state index >= 15 is 0 Å². The number of hydrogen-bond donors (Lipinski definition) is 1. The molecule has 16 heavy (non-hydrogen) atoms. The predicted octanol–water partition coefficient (Wildman–Crippen LogP) is 3.18. The van der Waals surface area contributed by atoms with E-state index in [4.69, 9.17) is 4.74 Å². The van der Waals surface area contributed by atoms with Crippen LogP contribution < -0.4 is 4.74 Å². The third kappa shape index (κ3) is 1.70. The van der Waals surface area contributed by atoms with E-state index in [0.717, 1.165) is 10.4 Å². The minimum atomic E-state index is -0.217. The van der Waals surface area contributed by atoms with Crippen LogP contribution in [0.1, 0.15) is 19.4 Å². The number of aliphatic hydroxyl groups excluding tert-OH is 1. The molecule has 2 aromatic rings. The Balaban J connectivity index is 2.69. The first-order valence-electron chi connectivity index (χ1n) is 5.25. The number of thiophene rings is 1. The molecule has 0 atom stereocenters. The molecule has 2 rings (SSSR count). The number of benzene rings is 1. The first-order chi connectivity index (χ1) is 7.60. The van der Waals surface area contributed by atoms with Gasteiger partial charge >= 0.3 is 0 Å². The highest BCUT2D eigenvalue weighted by Gasteiger charge is 2.23. The Morgan fingerprint density at radius 2 is 2.06 bits per heavy atom. The maximum absolute atomic E-state index is 9.44. The van der Waals surface area contributed by atoms with Gasteiger partial charge in [0.25, 0.3) is 0 Å². The lowest BCUT2D eigenvalue weighted by molar-refractivity contribution is 0.219. The van der Waals surface area contributed by atoms with E-state index in [1.54, 1.807) is 18.4 Å². The number of hydrogen-bond acceptors (Lipinski definition) is 3. The first kappa shape index (κ1) is 11.4. The Morgan fingerprint density at radius 3 is 2.69 bits per heavy atom. The topological polar surface area (TPSA) is 29.5 Å². The van der Waals surface area contributed by atoms with Crippen molar-refractivity contribution in [3.05, 3.63) is 29.1 Å². The van der Waals surface area contributed by atoms with E-state index in [0.29, 0.717) is 0 Å². The van der Waals surface area contributed by atoms with Gasteiger partial charge in [0.2, 0.25) is 0 Å². The van der Waals surface area contributed by atoms with E-state index in [-0.39, 0.29) is 12.0 Å². The van der Waals surface area contributed by atoms with Gasteiger partial charge < -0.3 is 9.84 Å². The van der Waals surface area contributed by atoms with Gasteiger partial charge in [0.15, 0.2) is 0 Å². The van der Waals surface area contributed by atoms with Crippen LogP contribution in [0, 0.1) is 0 Å². The van der Waals surface area contributed by atoms with Crippen LogP contribution in [-0.2, 0) is 5.41 Å². The summed E-state index contributed by atoms with van der Waals surface area (Å²) in [6.45, 7) is 4.24. The lowest BCUT2D eigenvalue weighted by Gasteiger charge is -2.23. The number of rotatable bonds is 3. The molecule has 1 heterocycles. The molecule has 0 aliphatic rings. The molecule has 86 valence electrons. The molecule has 0 saturated carbocycles. The van der Waals surface area contributed by atoms with Crippen molar-refractivity contribution in [2.24, 2.45) is 0 Å². The monoisotopic (exact) mass is 236 g/mol. The highest BCUT2D eigenvalue weighted by atomic mass is 32.1. The summed E-state index contributed by atoms with van der Waals surface area (Å²) in [5.41, 5.74) is 0.957. The second kappa shape index (κ2) is 4.07. The average molecular weight is 236 g/mol. The van der Waals surface area contributed by atoms with Crippen molar-refractivity contribution in [3.63, 3.8) is 0 Å². The van der Waals surface area contributed by atoms with Crippen LogP contribution in [0.25, 0.3) is 10.1 Å². The zero-order chi connectivity index (χ0) is 11.8. The van der Waals surface area contributed by atoms with E-state index < -0.39 is 0 Å². The minimum absolute atomic E-state index is 0.143. The number of methoxy groups -OCH3 is 1. The molecule has 0 spiro atoms. The normalized spacial score (nSPS) is 12.0. The molecule has 0 bridgehead atoms. The van der Waals surface area contributed by atoms with E-state index in [1.807, 2.05) is 26.0 Å². The highest BCUT2D eigenvalue weighted by molar-refractivity contribution is 7.17. The molecule has 0 aliphatic carbocycles. The Bertz CT molecular complexity index is 500. The number of aliphatic hydroxyl groups is 1. The van der Waals surface area contributed by atoms with Gasteiger partial charge in [-0.25, -0.2) is 0 Å². The molecule has 3 heteroatoms. The van der Waals surface area contributed by atoms with Crippen molar-refractivity contribution >= 4 is 21.4 Å². The maximum atomic E-state index is 9.44. The summed E-state index contributed by atoms with van der Waals surface area (Å²) >= 11 is 1.67. The quantitative estimate of drug-likeness (QED) is 0.887. The summed E-state index contributed by atoms with van der Waals surface area (Å²) in [5, 5.41) is 12.7. The van der Waals surface area contributed by atoms with Gasteiger partial charge in [0.05, 0.1) is 18.4 Å². The van der Waals surface area contributed by atoms with Crippen LogP contribution in [0.2, 0.25) is 0 Å². The van der Waals surface area contributed by atoms with Gasteiger partial charge in [-0.15, -0.1) is 11.3 Å². The van der Waals surface area contributed by atoms with Gasteiger partial charge in [0, 0.05) is 10.8 Å². The van der Waals surface area contributed by atoms with Crippen molar-refractivity contribution in [1.82, 2.24) is 0 Å². The fraction of sp³-hybridized carbons (Fsp3) is 0.385. The average Bonchev–Trinajstić information content (AvgIpc) is 2.76. The van der Waals surface area contributed by atoms with E-state index in [9.17, 15) is 5.11 Å². The first-order valence-corrected chi connectivity index (χ1v) is 6.13. The van der Waals surface area contributed by atoms with Crippen LogP contribution in [0.15, 0.2) is 23.6 Å². The van der Waals surface area contributed by atoms with Gasteiger partial charge in [0.1, 0.15) is 5.75 Å². The summed E-state index contributed by atoms with van der Waals surface area (Å²) in [4.78, 5) is 0. The van der Waals surface area contributed by atoms with Crippen molar-refractivity contribution < 1.29 is 9.84 Å². The molecular weight excluding hydrogens is 220 g/mol. The van der Waals surface area contributed by atoms with E-state index in [1.165, 1.54) is 10.9 Å². The molecule has 2 nitrogen and oxygen atoms in total. The zero-order valence-corrected chi connectivity index (χ0v) is 10.6. The van der Waals surface area contributed by atoms with Crippen molar-refractivity contribution in [2.45, 2.75) is 19.3 Å². The molecular formula is C13H16O2S. The summed E-state index contributed by atoms with van der Waals surface area (Å²) in [6.07, 6.45) is 0. The smallest absolute Gasteiger partial charge is 0.136 e. The maximum Gasteiger partial charge on any atom is 0.136 e. The Hall–Kier alpha value is -1.06. The Labute approximate surface area is 99.5 Å². The minimum Gasteiger partial charge on any atom is -0.495 e. The highest BCUT2D eigenvalue weighted by Crippen LogP contribution is 2.37. The van der Waals surface area contributed by atoms with Crippen LogP contribution in [-0.4, -0.2) is 18.8 Å². The van der Waals surface area contributed by atoms with Crippen LogP contribution in [0.3, 0.4) is 0 Å². The molecule has 0 fully saturated rings. The van der Waals surface area contributed by atoms with Gasteiger partial charge in [-0.05, 0) is 23.1 Å². The summed E-state index contributed by atoms with van der Waals surface area (Å²) in [5.74, 6) is 0.905. The third-order valence-corrected chi connectivity index (χ3v) is 3.85. The number of ether oxygens (including phenoxy) is 1. The fourth-order valence-corrected chi connectivity index (χ4v) is 2.79. The SMILES string of the molecule is COc1ccc(C(C)(C)CO)c2ccsc12. The molecule has 0 saturated heterocycles. The van der Waals surface area contributed by atoms with Crippen molar-refractivity contribution in [3.8, 4) is 5.75 Å². The van der Waals surface area contributed by atoms with Gasteiger partial charge in [-0.3, -0.25) is 0 Å². The predicted molar refractivity (Wildman–Crippen MR) is 68.5 cm³/mol. The standard InChI is InChI=1S/C13H16O2S/c1-13(2,8-14)10-4-5-11(15-3)12-9(10)6-7-16-12/h4-7,14H,8H2,1-3H3. The zero-order valence-electron chi connectivity index (χ0n) is 9.78. The van der Waals surface area contributed by atoms with Crippen LogP contribution in [0.4, 0.5) is 0 Å². The third-order valence-electron chi connectivity index (χ3n) is 2.92. The molecule has 0 radical (unpaired) electrons. The van der Waals surface area contributed by atoms with Gasteiger partial charge in [-0.2, -0.15) is 0 Å². The second-order valence-corrected chi connectivity index (χ2v) is 5.44. The van der Waals surface area contributed by atoms with E-state index in [2.05, 4.69) is 11.4 Å². The lowest BCUT2D eigenvalue weighted by Crippen LogP contribution is -2.22. The fourth-order valence-electron chi connectivity index (χ4n) is 1.87. The largest absolute Gasteiger partial charge is 0.495 e. The summed E-state index contributed by atoms with van der Waals surface area (Å²) in [7, 11) is 1.69. The van der Waals surface area contributed by atoms with Crippen LogP contribution >= 0.6 is 11.3 Å². The van der Waals surface area contributed by atoms with Crippen LogP contribution in [0.5, 0.6) is 5.75 Å². The second-order valence-electron chi connectivity index (χ2n) is 4.52. The molecule has 1 aromatic heterocycles. The van der Waals surface area contributed by atoms with Crippen molar-refractivity contribution in [2.75, 3.05) is 13.7 Å². The summed E-state index contributed by atoms with van der Waals surface area (Å²) in [6, 6.07) is 6.12. The molecule has 0 unspecified atom stereocenters. The molecule has 1 aromatic carbocycles. The van der Waals surface area contributed by atoms with Crippen molar-refractivity contribution in [1.29, 1.82) is 0 Å². The Morgan fingerprint density at radius 1 is 1.31 bits per heavy atom.